The number of nitro groups is 1. The molecule has 148 valence electrons. The van der Waals surface area contributed by atoms with Crippen LogP contribution in [0.2, 0.25) is 0 Å². The lowest BCUT2D eigenvalue weighted by atomic mass is 10.1. The van der Waals surface area contributed by atoms with E-state index in [2.05, 4.69) is 25.9 Å². The van der Waals surface area contributed by atoms with E-state index in [1.165, 1.54) is 13.3 Å². The number of hydrogen-bond donors (Lipinski definition) is 3. The van der Waals surface area contributed by atoms with Crippen LogP contribution in [-0.4, -0.2) is 20.8 Å². The van der Waals surface area contributed by atoms with Gasteiger partial charge >= 0.3 is 5.69 Å². The lowest BCUT2D eigenvalue weighted by Gasteiger charge is -2.11. The van der Waals surface area contributed by atoms with Gasteiger partial charge in [-0.2, -0.15) is 0 Å². The normalized spacial score (nSPS) is 10.3. The molecule has 0 aliphatic heterocycles. The Hall–Kier alpha value is -4.01. The molecule has 1 aromatic heterocycles. The predicted octanol–water partition coefficient (Wildman–Crippen LogP) is 4.01. The topological polar surface area (TPSA) is 122 Å². The second kappa shape index (κ2) is 8.79. The molecule has 3 rings (SSSR count). The van der Waals surface area contributed by atoms with Crippen LogP contribution >= 0.6 is 0 Å². The average Bonchev–Trinajstić information content (AvgIpc) is 2.68. The third-order valence-corrected chi connectivity index (χ3v) is 4.05. The van der Waals surface area contributed by atoms with Gasteiger partial charge in [0.25, 0.3) is 0 Å². The van der Waals surface area contributed by atoms with Gasteiger partial charge in [-0.3, -0.25) is 14.9 Å². The summed E-state index contributed by atoms with van der Waals surface area (Å²) in [6.07, 6.45) is 1.26. The first-order valence-corrected chi connectivity index (χ1v) is 8.86. The van der Waals surface area contributed by atoms with E-state index in [1.807, 2.05) is 31.2 Å². The van der Waals surface area contributed by atoms with Crippen molar-refractivity contribution in [3.63, 3.8) is 0 Å². The van der Waals surface area contributed by atoms with Crippen LogP contribution in [0.4, 0.5) is 28.7 Å². The fourth-order valence-corrected chi connectivity index (χ4v) is 2.64. The van der Waals surface area contributed by atoms with E-state index in [0.717, 1.165) is 11.1 Å². The monoisotopic (exact) mass is 392 g/mol. The molecule has 0 aliphatic rings. The Kier molecular flexibility index (Phi) is 5.98. The van der Waals surface area contributed by atoms with Gasteiger partial charge in [0.15, 0.2) is 0 Å². The minimum Gasteiger partial charge on any atom is -0.360 e. The maximum Gasteiger partial charge on any atom is 0.353 e. The molecule has 0 radical (unpaired) electrons. The number of aromatic nitrogens is 2. The molecule has 0 unspecified atom stereocenters. The summed E-state index contributed by atoms with van der Waals surface area (Å²) in [7, 11) is 0. The first-order chi connectivity index (χ1) is 13.9. The number of carbonyl (C=O) groups excluding carboxylic acids is 1. The Bertz CT molecular complexity index is 1020. The second-order valence-electron chi connectivity index (χ2n) is 6.40. The molecule has 0 spiro atoms. The van der Waals surface area contributed by atoms with Crippen LogP contribution in [0.1, 0.15) is 18.1 Å². The zero-order valence-electron chi connectivity index (χ0n) is 16.0. The molecule has 3 N–H and O–H groups in total. The third kappa shape index (κ3) is 5.25. The van der Waals surface area contributed by atoms with E-state index >= 15 is 0 Å². The van der Waals surface area contributed by atoms with Gasteiger partial charge in [-0.25, -0.2) is 9.97 Å². The van der Waals surface area contributed by atoms with Gasteiger partial charge in [-0.15, -0.1) is 0 Å². The van der Waals surface area contributed by atoms with E-state index in [-0.39, 0.29) is 23.2 Å². The first kappa shape index (κ1) is 19.7. The van der Waals surface area contributed by atoms with Gasteiger partial charge in [0.2, 0.25) is 17.5 Å². The molecule has 0 aliphatic carbocycles. The summed E-state index contributed by atoms with van der Waals surface area (Å²) in [5, 5.41) is 20.3. The summed E-state index contributed by atoms with van der Waals surface area (Å²) >= 11 is 0. The van der Waals surface area contributed by atoms with Gasteiger partial charge in [-0.1, -0.05) is 29.8 Å². The van der Waals surface area contributed by atoms with Crippen LogP contribution in [0.3, 0.4) is 0 Å². The van der Waals surface area contributed by atoms with Crippen molar-refractivity contribution in [2.45, 2.75) is 20.4 Å². The molecule has 29 heavy (non-hydrogen) atoms. The molecular weight excluding hydrogens is 372 g/mol. The summed E-state index contributed by atoms with van der Waals surface area (Å²) in [6.45, 7) is 3.80. The quantitative estimate of drug-likeness (QED) is 0.410. The smallest absolute Gasteiger partial charge is 0.353 e. The summed E-state index contributed by atoms with van der Waals surface area (Å²) in [5.74, 6) is 0.0214. The maximum atomic E-state index is 11.7. The zero-order valence-corrected chi connectivity index (χ0v) is 16.0. The highest BCUT2D eigenvalue weighted by Crippen LogP contribution is 2.31. The maximum absolute atomic E-state index is 11.7. The number of benzene rings is 2. The van der Waals surface area contributed by atoms with Gasteiger partial charge in [-0.05, 0) is 36.8 Å². The van der Waals surface area contributed by atoms with E-state index in [9.17, 15) is 14.9 Å². The number of aryl methyl sites for hydroxylation is 1. The largest absolute Gasteiger partial charge is 0.360 e. The van der Waals surface area contributed by atoms with Crippen molar-refractivity contribution in [2.75, 3.05) is 16.0 Å². The van der Waals surface area contributed by atoms with Crippen LogP contribution in [0, 0.1) is 17.0 Å². The summed E-state index contributed by atoms with van der Waals surface area (Å²) < 4.78 is 0. The molecule has 9 heteroatoms. The Morgan fingerprint density at radius 2 is 1.62 bits per heavy atom. The van der Waals surface area contributed by atoms with Gasteiger partial charge < -0.3 is 16.0 Å². The van der Waals surface area contributed by atoms with E-state index in [0.29, 0.717) is 17.9 Å². The summed E-state index contributed by atoms with van der Waals surface area (Å²) in [4.78, 5) is 30.3. The van der Waals surface area contributed by atoms with E-state index < -0.39 is 4.92 Å². The van der Waals surface area contributed by atoms with Crippen LogP contribution < -0.4 is 16.0 Å². The number of carbonyl (C=O) groups is 1. The Balaban J connectivity index is 1.80. The lowest BCUT2D eigenvalue weighted by Crippen LogP contribution is -2.08. The first-order valence-electron chi connectivity index (χ1n) is 8.86. The fourth-order valence-electron chi connectivity index (χ4n) is 2.64. The van der Waals surface area contributed by atoms with Crippen molar-refractivity contribution in [3.8, 4) is 0 Å². The Morgan fingerprint density at radius 3 is 2.24 bits per heavy atom. The zero-order chi connectivity index (χ0) is 20.8. The van der Waals surface area contributed by atoms with Crippen molar-refractivity contribution in [1.29, 1.82) is 0 Å². The van der Waals surface area contributed by atoms with Crippen LogP contribution in [-0.2, 0) is 11.3 Å². The number of nitrogens with zero attached hydrogens (tertiary/aromatic N) is 3. The number of rotatable bonds is 7. The van der Waals surface area contributed by atoms with Gasteiger partial charge in [0, 0.05) is 24.8 Å². The van der Waals surface area contributed by atoms with Crippen molar-refractivity contribution in [3.05, 3.63) is 76.1 Å². The van der Waals surface area contributed by atoms with E-state index in [1.54, 1.807) is 24.3 Å². The average molecular weight is 392 g/mol. The molecule has 9 nitrogen and oxygen atoms in total. The minimum absolute atomic E-state index is 0.0729. The molecular formula is C20H20N6O3. The standard InChI is InChI=1S/C20H20N6O3/c1-13-3-5-15(6-4-13)11-21-19-18(26(28)29)20(23-12-22-19)25-17-9-7-16(8-10-17)24-14(2)27/h3-10,12H,11H2,1-2H3,(H,24,27)(H2,21,22,23,25). The highest BCUT2D eigenvalue weighted by Gasteiger charge is 2.23. The van der Waals surface area contributed by atoms with Gasteiger partial charge in [0.05, 0.1) is 4.92 Å². The van der Waals surface area contributed by atoms with Crippen molar-refractivity contribution >= 4 is 34.6 Å². The molecule has 0 fully saturated rings. The van der Waals surface area contributed by atoms with Crippen molar-refractivity contribution in [1.82, 2.24) is 9.97 Å². The molecule has 0 atom stereocenters. The van der Waals surface area contributed by atoms with Crippen molar-refractivity contribution < 1.29 is 9.72 Å². The number of anilines is 4. The summed E-state index contributed by atoms with van der Waals surface area (Å²) in [6, 6.07) is 14.6. The molecule has 0 bridgehead atoms. The molecule has 2 aromatic carbocycles. The van der Waals surface area contributed by atoms with Crippen molar-refractivity contribution in [2.24, 2.45) is 0 Å². The van der Waals surface area contributed by atoms with Crippen LogP contribution in [0.25, 0.3) is 0 Å². The fraction of sp³-hybridized carbons (Fsp3) is 0.150. The molecule has 0 saturated carbocycles. The SMILES string of the molecule is CC(=O)Nc1ccc(Nc2ncnc(NCc3ccc(C)cc3)c2[N+](=O)[O-])cc1. The Labute approximate surface area is 167 Å². The van der Waals surface area contributed by atoms with Crippen LogP contribution in [0.5, 0.6) is 0 Å². The van der Waals surface area contributed by atoms with Crippen LogP contribution in [0.15, 0.2) is 54.9 Å². The molecule has 3 aromatic rings. The predicted molar refractivity (Wildman–Crippen MR) is 111 cm³/mol. The van der Waals surface area contributed by atoms with E-state index in [4.69, 9.17) is 0 Å². The lowest BCUT2D eigenvalue weighted by molar-refractivity contribution is -0.383. The third-order valence-electron chi connectivity index (χ3n) is 4.05. The molecule has 1 amide bonds. The summed E-state index contributed by atoms with van der Waals surface area (Å²) in [5.41, 5.74) is 3.08. The number of hydrogen-bond acceptors (Lipinski definition) is 7. The number of nitrogens with one attached hydrogen (secondary N) is 3. The molecule has 1 heterocycles. The van der Waals surface area contributed by atoms with Gasteiger partial charge in [0.1, 0.15) is 6.33 Å². The number of amides is 1. The minimum atomic E-state index is -0.522. The Morgan fingerprint density at radius 1 is 1.00 bits per heavy atom. The second-order valence-corrected chi connectivity index (χ2v) is 6.40. The molecule has 0 saturated heterocycles. The highest BCUT2D eigenvalue weighted by atomic mass is 16.6. The highest BCUT2D eigenvalue weighted by molar-refractivity contribution is 5.89.